The summed E-state index contributed by atoms with van der Waals surface area (Å²) in [5.41, 5.74) is 4.12. The van der Waals surface area contributed by atoms with Crippen LogP contribution in [0.2, 0.25) is 0 Å². The van der Waals surface area contributed by atoms with E-state index in [0.29, 0.717) is 6.42 Å². The maximum Gasteiger partial charge on any atom is 0.226 e. The first kappa shape index (κ1) is 15.1. The largest absolute Gasteiger partial charge is 0.310 e. The van der Waals surface area contributed by atoms with Gasteiger partial charge in [-0.1, -0.05) is 46.3 Å². The fourth-order valence-electron chi connectivity index (χ4n) is 3.29. The molecule has 0 saturated carbocycles. The molecular weight excluding hydrogens is 366 g/mol. The molecule has 1 aliphatic heterocycles. The van der Waals surface area contributed by atoms with Crippen LogP contribution in [0.1, 0.15) is 29.2 Å². The van der Waals surface area contributed by atoms with E-state index in [-0.39, 0.29) is 11.8 Å². The lowest BCUT2D eigenvalue weighted by Gasteiger charge is -2.24. The minimum Gasteiger partial charge on any atom is -0.310 e. The van der Waals surface area contributed by atoms with Gasteiger partial charge in [0.25, 0.3) is 0 Å². The van der Waals surface area contributed by atoms with Gasteiger partial charge >= 0.3 is 0 Å². The number of rotatable bonds is 2. The lowest BCUT2D eigenvalue weighted by molar-refractivity contribution is -0.116. The molecular formula is C19H16BrN3O. The first-order valence-electron chi connectivity index (χ1n) is 7.84. The SMILES string of the molecule is Cc1nn(-c2ccc(Br)cc2)c2c1C(c1ccccc1)CC(=O)N2. The van der Waals surface area contributed by atoms with Gasteiger partial charge in [0, 0.05) is 22.4 Å². The Morgan fingerprint density at radius 1 is 1.12 bits per heavy atom. The number of carbonyl (C=O) groups excluding carboxylic acids is 1. The van der Waals surface area contributed by atoms with Crippen LogP contribution < -0.4 is 5.32 Å². The Kier molecular flexibility index (Phi) is 3.73. The van der Waals surface area contributed by atoms with Crippen LogP contribution in [-0.2, 0) is 4.79 Å². The lowest BCUT2D eigenvalue weighted by atomic mass is 9.86. The second-order valence-electron chi connectivity index (χ2n) is 5.95. The first-order chi connectivity index (χ1) is 11.6. The van der Waals surface area contributed by atoms with E-state index in [2.05, 4.69) is 38.5 Å². The van der Waals surface area contributed by atoms with Crippen LogP contribution in [-0.4, -0.2) is 15.7 Å². The van der Waals surface area contributed by atoms with Crippen molar-refractivity contribution < 1.29 is 4.79 Å². The molecule has 0 aliphatic carbocycles. The summed E-state index contributed by atoms with van der Waals surface area (Å²) in [6.07, 6.45) is 0.448. The molecule has 2 aromatic carbocycles. The van der Waals surface area contributed by atoms with Crippen molar-refractivity contribution in [1.29, 1.82) is 0 Å². The maximum atomic E-state index is 12.3. The molecule has 0 fully saturated rings. The molecule has 1 aliphatic rings. The number of aromatic nitrogens is 2. The molecule has 0 spiro atoms. The molecule has 0 saturated heterocycles. The van der Waals surface area contributed by atoms with Gasteiger partial charge in [-0.25, -0.2) is 4.68 Å². The van der Waals surface area contributed by atoms with Crippen LogP contribution in [0.25, 0.3) is 5.69 Å². The molecule has 1 aromatic heterocycles. The van der Waals surface area contributed by atoms with E-state index in [1.807, 2.05) is 54.1 Å². The quantitative estimate of drug-likeness (QED) is 0.714. The number of carbonyl (C=O) groups is 1. The second kappa shape index (κ2) is 5.91. The molecule has 4 rings (SSSR count). The van der Waals surface area contributed by atoms with Crippen LogP contribution in [0, 0.1) is 6.92 Å². The number of anilines is 1. The number of nitrogens with one attached hydrogen (secondary N) is 1. The molecule has 1 atom stereocenters. The molecule has 2 heterocycles. The summed E-state index contributed by atoms with van der Waals surface area (Å²) in [5.74, 6) is 0.841. The Bertz CT molecular complexity index is 900. The van der Waals surface area contributed by atoms with Crippen LogP contribution >= 0.6 is 15.9 Å². The van der Waals surface area contributed by atoms with Crippen molar-refractivity contribution >= 4 is 27.7 Å². The predicted molar refractivity (Wildman–Crippen MR) is 97.5 cm³/mol. The van der Waals surface area contributed by atoms with Crippen LogP contribution in [0.4, 0.5) is 5.82 Å². The molecule has 4 nitrogen and oxygen atoms in total. The van der Waals surface area contributed by atoms with Gasteiger partial charge in [0.15, 0.2) is 0 Å². The van der Waals surface area contributed by atoms with E-state index < -0.39 is 0 Å². The van der Waals surface area contributed by atoms with Gasteiger partial charge in [-0.05, 0) is 36.8 Å². The van der Waals surface area contributed by atoms with Gasteiger partial charge in [0.05, 0.1) is 11.4 Å². The number of halogens is 1. The normalized spacial score (nSPS) is 16.6. The van der Waals surface area contributed by atoms with Gasteiger partial charge in [0.2, 0.25) is 5.91 Å². The number of hydrogen-bond donors (Lipinski definition) is 1. The number of amides is 1. The number of hydrogen-bond acceptors (Lipinski definition) is 2. The van der Waals surface area contributed by atoms with Crippen molar-refractivity contribution in [3.05, 3.63) is 75.9 Å². The zero-order chi connectivity index (χ0) is 16.7. The summed E-state index contributed by atoms with van der Waals surface area (Å²) in [7, 11) is 0. The average Bonchev–Trinajstić information content (AvgIpc) is 2.92. The lowest BCUT2D eigenvalue weighted by Crippen LogP contribution is -2.24. The van der Waals surface area contributed by atoms with Crippen LogP contribution in [0.5, 0.6) is 0 Å². The highest BCUT2D eigenvalue weighted by Gasteiger charge is 2.32. The summed E-state index contributed by atoms with van der Waals surface area (Å²) < 4.78 is 2.83. The Morgan fingerprint density at radius 2 is 1.83 bits per heavy atom. The zero-order valence-corrected chi connectivity index (χ0v) is 14.7. The van der Waals surface area contributed by atoms with Gasteiger partial charge in [-0.15, -0.1) is 0 Å². The number of aryl methyl sites for hydroxylation is 1. The summed E-state index contributed by atoms with van der Waals surface area (Å²) >= 11 is 3.45. The van der Waals surface area contributed by atoms with E-state index in [9.17, 15) is 4.79 Å². The molecule has 0 bridgehead atoms. The van der Waals surface area contributed by atoms with E-state index >= 15 is 0 Å². The molecule has 1 amide bonds. The third kappa shape index (κ3) is 2.55. The topological polar surface area (TPSA) is 46.9 Å². The minimum absolute atomic E-state index is 0.0228. The van der Waals surface area contributed by atoms with Gasteiger partial charge in [-0.3, -0.25) is 4.79 Å². The highest BCUT2D eigenvalue weighted by atomic mass is 79.9. The number of fused-ring (bicyclic) bond motifs is 1. The summed E-state index contributed by atoms with van der Waals surface area (Å²) in [6.45, 7) is 2.00. The molecule has 1 unspecified atom stereocenters. The molecule has 24 heavy (non-hydrogen) atoms. The van der Waals surface area contributed by atoms with Crippen LogP contribution in [0.15, 0.2) is 59.1 Å². The number of nitrogens with zero attached hydrogens (tertiary/aromatic N) is 2. The fraction of sp³-hybridized carbons (Fsp3) is 0.158. The molecule has 1 N–H and O–H groups in total. The third-order valence-corrected chi connectivity index (χ3v) is 4.90. The van der Waals surface area contributed by atoms with Crippen molar-refractivity contribution in [2.45, 2.75) is 19.3 Å². The average molecular weight is 382 g/mol. The van der Waals surface area contributed by atoms with Gasteiger partial charge < -0.3 is 5.32 Å². The first-order valence-corrected chi connectivity index (χ1v) is 8.63. The molecule has 3 aromatic rings. The van der Waals surface area contributed by atoms with Crippen LogP contribution in [0.3, 0.4) is 0 Å². The Hall–Kier alpha value is -2.40. The van der Waals surface area contributed by atoms with Crippen molar-refractivity contribution in [3.8, 4) is 5.69 Å². The highest BCUT2D eigenvalue weighted by molar-refractivity contribution is 9.10. The Balaban J connectivity index is 1.87. The summed E-state index contributed by atoms with van der Waals surface area (Å²) in [5, 5.41) is 7.70. The monoisotopic (exact) mass is 381 g/mol. The van der Waals surface area contributed by atoms with E-state index in [0.717, 1.165) is 32.8 Å². The second-order valence-corrected chi connectivity index (χ2v) is 6.87. The van der Waals surface area contributed by atoms with Gasteiger partial charge in [-0.2, -0.15) is 5.10 Å². The predicted octanol–water partition coefficient (Wildman–Crippen LogP) is 4.42. The highest BCUT2D eigenvalue weighted by Crippen LogP contribution is 2.40. The third-order valence-electron chi connectivity index (χ3n) is 4.38. The van der Waals surface area contributed by atoms with Crippen molar-refractivity contribution in [1.82, 2.24) is 9.78 Å². The molecule has 120 valence electrons. The fourth-order valence-corrected chi connectivity index (χ4v) is 3.55. The summed E-state index contributed by atoms with van der Waals surface area (Å²) in [4.78, 5) is 12.3. The van der Waals surface area contributed by atoms with E-state index in [1.165, 1.54) is 0 Å². The zero-order valence-electron chi connectivity index (χ0n) is 13.2. The Morgan fingerprint density at radius 3 is 2.54 bits per heavy atom. The van der Waals surface area contributed by atoms with E-state index in [1.54, 1.807) is 0 Å². The smallest absolute Gasteiger partial charge is 0.226 e. The maximum absolute atomic E-state index is 12.3. The molecule has 5 heteroatoms. The summed E-state index contributed by atoms with van der Waals surface area (Å²) in [6, 6.07) is 18.1. The van der Waals surface area contributed by atoms with Crippen molar-refractivity contribution in [3.63, 3.8) is 0 Å². The van der Waals surface area contributed by atoms with Gasteiger partial charge in [0.1, 0.15) is 5.82 Å². The Labute approximate surface area is 148 Å². The van der Waals surface area contributed by atoms with E-state index in [4.69, 9.17) is 0 Å². The van der Waals surface area contributed by atoms with Crippen molar-refractivity contribution in [2.24, 2.45) is 0 Å². The minimum atomic E-state index is 0.0228. The molecule has 0 radical (unpaired) electrons. The van der Waals surface area contributed by atoms with Crippen molar-refractivity contribution in [2.75, 3.05) is 5.32 Å². The standard InChI is InChI=1S/C19H16BrN3O/c1-12-18-16(13-5-3-2-4-6-13)11-17(24)21-19(18)23(22-12)15-9-7-14(20)8-10-15/h2-10,16H,11H2,1H3,(H,21,24). The number of benzene rings is 2.